The maximum absolute atomic E-state index is 12.3. The van der Waals surface area contributed by atoms with Crippen LogP contribution in [0.4, 0.5) is 5.69 Å². The van der Waals surface area contributed by atoms with E-state index < -0.39 is 6.04 Å². The topological polar surface area (TPSA) is 85.2 Å². The molecule has 7 nitrogen and oxygen atoms in total. The van der Waals surface area contributed by atoms with Gasteiger partial charge >= 0.3 is 0 Å². The zero-order valence-electron chi connectivity index (χ0n) is 15.7. The molecule has 0 aliphatic rings. The van der Waals surface area contributed by atoms with Gasteiger partial charge in [-0.05, 0) is 44.5 Å². The van der Waals surface area contributed by atoms with E-state index in [4.69, 9.17) is 4.74 Å². The highest BCUT2D eigenvalue weighted by Crippen LogP contribution is 2.18. The van der Waals surface area contributed by atoms with Gasteiger partial charge in [-0.15, -0.1) is 0 Å². The molecule has 0 fully saturated rings. The quantitative estimate of drug-likeness (QED) is 0.777. The second-order valence-electron chi connectivity index (χ2n) is 6.00. The third kappa shape index (κ3) is 4.72. The number of benzene rings is 1. The second kappa shape index (κ2) is 8.33. The predicted molar refractivity (Wildman–Crippen MR) is 101 cm³/mol. The smallest absolute Gasteiger partial charge is 0.246 e. The van der Waals surface area contributed by atoms with Gasteiger partial charge in [0.1, 0.15) is 11.8 Å². The third-order valence-corrected chi connectivity index (χ3v) is 4.05. The minimum absolute atomic E-state index is 0.296. The number of aryl methyl sites for hydroxylation is 2. The fraction of sp³-hybridized carbons (Fsp3) is 0.316. The molecule has 2 aromatic rings. The van der Waals surface area contributed by atoms with Crippen LogP contribution < -0.4 is 15.4 Å². The number of hydrogen-bond donors (Lipinski definition) is 2. The molecule has 2 rings (SSSR count). The van der Waals surface area contributed by atoms with Gasteiger partial charge in [-0.25, -0.2) is 0 Å². The van der Waals surface area contributed by atoms with E-state index in [0.29, 0.717) is 5.69 Å². The summed E-state index contributed by atoms with van der Waals surface area (Å²) in [6.45, 7) is 5.33. The largest absolute Gasteiger partial charge is 0.497 e. The van der Waals surface area contributed by atoms with Gasteiger partial charge < -0.3 is 15.4 Å². The van der Waals surface area contributed by atoms with Gasteiger partial charge in [0.15, 0.2) is 0 Å². The van der Waals surface area contributed by atoms with Gasteiger partial charge in [-0.1, -0.05) is 12.1 Å². The van der Waals surface area contributed by atoms with Crippen molar-refractivity contribution in [1.82, 2.24) is 15.1 Å². The van der Waals surface area contributed by atoms with E-state index in [-0.39, 0.29) is 11.8 Å². The van der Waals surface area contributed by atoms with Crippen LogP contribution in [0.5, 0.6) is 5.75 Å². The Balaban J connectivity index is 1.92. The van der Waals surface area contributed by atoms with Crippen molar-refractivity contribution in [2.24, 2.45) is 7.05 Å². The highest BCUT2D eigenvalue weighted by Gasteiger charge is 2.18. The Morgan fingerprint density at radius 2 is 1.88 bits per heavy atom. The molecule has 0 aliphatic carbocycles. The molecule has 26 heavy (non-hydrogen) atoms. The van der Waals surface area contributed by atoms with Crippen LogP contribution in [-0.2, 0) is 16.6 Å². The second-order valence-corrected chi connectivity index (χ2v) is 6.00. The number of aromatic nitrogens is 2. The highest BCUT2D eigenvalue weighted by molar-refractivity contribution is 6.00. The number of nitrogens with zero attached hydrogens (tertiary/aromatic N) is 2. The summed E-state index contributed by atoms with van der Waals surface area (Å²) in [4.78, 5) is 24.3. The van der Waals surface area contributed by atoms with Crippen molar-refractivity contribution in [3.8, 4) is 5.75 Å². The van der Waals surface area contributed by atoms with Crippen LogP contribution in [0.15, 0.2) is 30.3 Å². The monoisotopic (exact) mass is 356 g/mol. The zero-order valence-corrected chi connectivity index (χ0v) is 15.7. The number of carbonyl (C=O) groups excluding carboxylic acids is 2. The molecular weight excluding hydrogens is 332 g/mol. The van der Waals surface area contributed by atoms with Crippen LogP contribution in [0.3, 0.4) is 0 Å². The van der Waals surface area contributed by atoms with Crippen molar-refractivity contribution in [3.63, 3.8) is 0 Å². The Bertz CT molecular complexity index is 822. The molecule has 138 valence electrons. The number of nitrogens with one attached hydrogen (secondary N) is 2. The molecule has 1 aromatic heterocycles. The first-order valence-corrected chi connectivity index (χ1v) is 8.25. The third-order valence-electron chi connectivity index (χ3n) is 4.05. The van der Waals surface area contributed by atoms with E-state index in [9.17, 15) is 9.59 Å². The molecule has 2 N–H and O–H groups in total. The summed E-state index contributed by atoms with van der Waals surface area (Å²) in [5.74, 6) is 0.108. The maximum atomic E-state index is 12.3. The van der Waals surface area contributed by atoms with Gasteiger partial charge in [-0.3, -0.25) is 14.3 Å². The Labute approximate surface area is 153 Å². The van der Waals surface area contributed by atoms with Crippen LogP contribution in [0.2, 0.25) is 0 Å². The molecule has 0 radical (unpaired) electrons. The van der Waals surface area contributed by atoms with Crippen LogP contribution in [0, 0.1) is 13.8 Å². The molecule has 7 heteroatoms. The summed E-state index contributed by atoms with van der Waals surface area (Å²) < 4.78 is 6.79. The van der Waals surface area contributed by atoms with Crippen LogP contribution in [-0.4, -0.2) is 34.7 Å². The van der Waals surface area contributed by atoms with Gasteiger partial charge in [-0.2, -0.15) is 5.10 Å². The number of ether oxygens (including phenoxy) is 1. The zero-order chi connectivity index (χ0) is 19.3. The predicted octanol–water partition coefficient (Wildman–Crippen LogP) is 2.20. The molecule has 0 bridgehead atoms. The minimum Gasteiger partial charge on any atom is -0.497 e. The van der Waals surface area contributed by atoms with E-state index in [1.807, 2.05) is 45.2 Å². The number of rotatable bonds is 6. The van der Waals surface area contributed by atoms with Crippen LogP contribution in [0.25, 0.3) is 6.08 Å². The first-order valence-electron chi connectivity index (χ1n) is 8.25. The number of amides is 2. The number of hydrogen-bond acceptors (Lipinski definition) is 4. The molecule has 0 saturated carbocycles. The summed E-state index contributed by atoms with van der Waals surface area (Å²) >= 11 is 0. The summed E-state index contributed by atoms with van der Waals surface area (Å²) in [6, 6.07) is 6.62. The molecule has 2 amide bonds. The molecular formula is C19H24N4O3. The molecule has 0 saturated heterocycles. The standard InChI is InChI=1S/C19H24N4O3/c1-12-18(14(3)23(4)22-12)21-19(25)13(2)20-17(24)11-8-15-6-9-16(26-5)10-7-15/h6-11,13H,1-5H3,(H,20,24)(H,21,25)/b11-8+. The Kier molecular flexibility index (Phi) is 6.16. The molecule has 1 atom stereocenters. The van der Waals surface area contributed by atoms with Crippen LogP contribution >= 0.6 is 0 Å². The summed E-state index contributed by atoms with van der Waals surface area (Å²) in [5.41, 5.74) is 3.12. The lowest BCUT2D eigenvalue weighted by molar-refractivity contribution is -0.123. The maximum Gasteiger partial charge on any atom is 0.246 e. The number of carbonyl (C=O) groups is 2. The summed E-state index contributed by atoms with van der Waals surface area (Å²) in [7, 11) is 3.41. The molecule has 1 heterocycles. The molecule has 1 unspecified atom stereocenters. The van der Waals surface area contributed by atoms with Gasteiger partial charge in [0.2, 0.25) is 11.8 Å². The van der Waals surface area contributed by atoms with Crippen LogP contribution in [0.1, 0.15) is 23.9 Å². The van der Waals surface area contributed by atoms with E-state index in [1.165, 1.54) is 6.08 Å². The average Bonchev–Trinajstić information content (AvgIpc) is 2.86. The number of anilines is 1. The highest BCUT2D eigenvalue weighted by atomic mass is 16.5. The van der Waals surface area contributed by atoms with E-state index in [0.717, 1.165) is 22.7 Å². The summed E-state index contributed by atoms with van der Waals surface area (Å²) in [6.07, 6.45) is 3.07. The minimum atomic E-state index is -0.679. The Morgan fingerprint density at radius 1 is 1.23 bits per heavy atom. The normalized spacial score (nSPS) is 12.0. The van der Waals surface area contributed by atoms with Gasteiger partial charge in [0.05, 0.1) is 24.2 Å². The van der Waals surface area contributed by atoms with E-state index >= 15 is 0 Å². The van der Waals surface area contributed by atoms with Crippen molar-refractivity contribution in [2.45, 2.75) is 26.8 Å². The Morgan fingerprint density at radius 3 is 2.42 bits per heavy atom. The molecule has 0 aliphatic heterocycles. The van der Waals surface area contributed by atoms with Crippen molar-refractivity contribution in [2.75, 3.05) is 12.4 Å². The molecule has 0 spiro atoms. The lowest BCUT2D eigenvalue weighted by Gasteiger charge is -2.13. The fourth-order valence-electron chi connectivity index (χ4n) is 2.40. The Hall–Kier alpha value is -3.09. The SMILES string of the molecule is COc1ccc(/C=C/C(=O)NC(C)C(=O)Nc2c(C)nn(C)c2C)cc1. The van der Waals surface area contributed by atoms with E-state index in [2.05, 4.69) is 15.7 Å². The van der Waals surface area contributed by atoms with Gasteiger partial charge in [0, 0.05) is 13.1 Å². The van der Waals surface area contributed by atoms with Gasteiger partial charge in [0.25, 0.3) is 0 Å². The first kappa shape index (κ1) is 19.2. The average molecular weight is 356 g/mol. The van der Waals surface area contributed by atoms with Crippen molar-refractivity contribution in [1.29, 1.82) is 0 Å². The lowest BCUT2D eigenvalue weighted by atomic mass is 10.2. The van der Waals surface area contributed by atoms with Crippen molar-refractivity contribution in [3.05, 3.63) is 47.3 Å². The van der Waals surface area contributed by atoms with E-state index in [1.54, 1.807) is 24.8 Å². The fourth-order valence-corrected chi connectivity index (χ4v) is 2.40. The van der Waals surface area contributed by atoms with Crippen molar-refractivity contribution < 1.29 is 14.3 Å². The number of methoxy groups -OCH3 is 1. The summed E-state index contributed by atoms with van der Waals surface area (Å²) in [5, 5.41) is 9.72. The van der Waals surface area contributed by atoms with Crippen molar-refractivity contribution >= 4 is 23.6 Å². The molecule has 1 aromatic carbocycles. The first-order chi connectivity index (χ1) is 12.3. The lowest BCUT2D eigenvalue weighted by Crippen LogP contribution is -2.41.